The molecule has 0 saturated heterocycles. The molecule has 0 aliphatic rings. The van der Waals surface area contributed by atoms with Crippen LogP contribution in [0.4, 0.5) is 11.5 Å². The smallest absolute Gasteiger partial charge is 0.337 e. The normalized spacial score (nSPS) is 10.3. The van der Waals surface area contributed by atoms with Crippen LogP contribution in [0.1, 0.15) is 15.9 Å². The van der Waals surface area contributed by atoms with Crippen molar-refractivity contribution < 1.29 is 9.90 Å². The van der Waals surface area contributed by atoms with E-state index < -0.39 is 5.97 Å². The molecule has 0 bridgehead atoms. The van der Waals surface area contributed by atoms with Gasteiger partial charge in [0.2, 0.25) is 0 Å². The average molecular weight is 342 g/mol. The molecule has 1 aromatic carbocycles. The number of carboxylic acid groups (broad SMARTS) is 1. The van der Waals surface area contributed by atoms with Gasteiger partial charge in [0, 0.05) is 10.7 Å². The third-order valence-corrected chi connectivity index (χ3v) is 3.44. The number of rotatable bonds is 3. The summed E-state index contributed by atoms with van der Waals surface area (Å²) in [4.78, 5) is 14.8. The van der Waals surface area contributed by atoms with E-state index in [9.17, 15) is 4.79 Å². The summed E-state index contributed by atoms with van der Waals surface area (Å²) in [7, 11) is 0. The minimum atomic E-state index is -1.06. The first-order valence-electron chi connectivity index (χ1n) is 5.39. The fourth-order valence-corrected chi connectivity index (χ4v) is 2.07. The summed E-state index contributed by atoms with van der Waals surface area (Å²) in [6, 6.07) is 7.19. The molecule has 0 aliphatic carbocycles. The van der Waals surface area contributed by atoms with Gasteiger partial charge >= 0.3 is 5.97 Å². The molecule has 19 heavy (non-hydrogen) atoms. The van der Waals surface area contributed by atoms with E-state index >= 15 is 0 Å². The molecule has 1 heterocycles. The molecule has 0 spiro atoms. The van der Waals surface area contributed by atoms with E-state index in [2.05, 4.69) is 26.2 Å². The van der Waals surface area contributed by atoms with Crippen LogP contribution < -0.4 is 5.32 Å². The van der Waals surface area contributed by atoms with Crippen molar-refractivity contribution in [1.82, 2.24) is 4.98 Å². The van der Waals surface area contributed by atoms with Crippen LogP contribution in [0.25, 0.3) is 0 Å². The Hall–Kier alpha value is -1.59. The van der Waals surface area contributed by atoms with Gasteiger partial charge in [-0.1, -0.05) is 17.7 Å². The molecule has 4 nitrogen and oxygen atoms in total. The minimum absolute atomic E-state index is 0.0545. The Morgan fingerprint density at radius 2 is 2.16 bits per heavy atom. The molecule has 0 unspecified atom stereocenters. The van der Waals surface area contributed by atoms with Gasteiger partial charge in [-0.05, 0) is 46.6 Å². The Kier molecular flexibility index (Phi) is 4.07. The first kappa shape index (κ1) is 13.8. The number of aromatic nitrogens is 1. The molecule has 0 saturated carbocycles. The van der Waals surface area contributed by atoms with Crippen LogP contribution in [0, 0.1) is 6.92 Å². The van der Waals surface area contributed by atoms with Crippen LogP contribution in [0.5, 0.6) is 0 Å². The zero-order chi connectivity index (χ0) is 14.0. The fraction of sp³-hybridized carbons (Fsp3) is 0.0769. The van der Waals surface area contributed by atoms with Gasteiger partial charge in [0.15, 0.2) is 0 Å². The van der Waals surface area contributed by atoms with E-state index in [4.69, 9.17) is 16.7 Å². The van der Waals surface area contributed by atoms with Gasteiger partial charge in [0.25, 0.3) is 0 Å². The predicted molar refractivity (Wildman–Crippen MR) is 78.4 cm³/mol. The second-order valence-corrected chi connectivity index (χ2v) is 5.23. The van der Waals surface area contributed by atoms with Gasteiger partial charge in [0.05, 0.1) is 16.3 Å². The molecule has 1 aromatic heterocycles. The third-order valence-electron chi connectivity index (χ3n) is 2.46. The van der Waals surface area contributed by atoms with E-state index in [-0.39, 0.29) is 10.6 Å². The molecule has 0 fully saturated rings. The standard InChI is InChI=1S/C13H10BrClN2O2/c1-7-2-3-9(14)11(4-7)17-12-10(15)5-8(6-16-12)13(18)19/h2-6H,1H3,(H,16,17)(H,18,19). The largest absolute Gasteiger partial charge is 0.478 e. The van der Waals surface area contributed by atoms with E-state index in [1.54, 1.807) is 0 Å². The second-order valence-electron chi connectivity index (χ2n) is 3.97. The number of nitrogens with zero attached hydrogens (tertiary/aromatic N) is 1. The molecule has 0 amide bonds. The van der Waals surface area contributed by atoms with Crippen molar-refractivity contribution in [2.45, 2.75) is 6.92 Å². The number of carbonyl (C=O) groups is 1. The molecule has 0 radical (unpaired) electrons. The third kappa shape index (κ3) is 3.24. The lowest BCUT2D eigenvalue weighted by Crippen LogP contribution is -2.01. The maximum Gasteiger partial charge on any atom is 0.337 e. The molecular weight excluding hydrogens is 332 g/mol. The summed E-state index contributed by atoms with van der Waals surface area (Å²) in [5.74, 6) is -0.643. The molecule has 2 N–H and O–H groups in total. The van der Waals surface area contributed by atoms with Crippen molar-refractivity contribution in [3.63, 3.8) is 0 Å². The second kappa shape index (κ2) is 5.59. The Morgan fingerprint density at radius 1 is 1.42 bits per heavy atom. The quantitative estimate of drug-likeness (QED) is 0.876. The molecule has 2 rings (SSSR count). The van der Waals surface area contributed by atoms with E-state index in [0.29, 0.717) is 5.82 Å². The summed E-state index contributed by atoms with van der Waals surface area (Å²) in [5.41, 5.74) is 1.96. The highest BCUT2D eigenvalue weighted by atomic mass is 79.9. The predicted octanol–water partition coefficient (Wildman–Crippen LogP) is 4.25. The monoisotopic (exact) mass is 340 g/mol. The summed E-state index contributed by atoms with van der Waals surface area (Å²) >= 11 is 9.43. The number of hydrogen-bond acceptors (Lipinski definition) is 3. The molecule has 0 aliphatic heterocycles. The molecule has 6 heteroatoms. The Labute approximate surface area is 123 Å². The van der Waals surface area contributed by atoms with Crippen LogP contribution in [0.15, 0.2) is 34.9 Å². The van der Waals surface area contributed by atoms with Gasteiger partial charge in [-0.15, -0.1) is 0 Å². The fourth-order valence-electron chi connectivity index (χ4n) is 1.51. The topological polar surface area (TPSA) is 62.2 Å². The summed E-state index contributed by atoms with van der Waals surface area (Å²) in [6.45, 7) is 1.97. The summed E-state index contributed by atoms with van der Waals surface area (Å²) in [5, 5.41) is 12.2. The van der Waals surface area contributed by atoms with Crippen molar-refractivity contribution in [2.75, 3.05) is 5.32 Å². The highest BCUT2D eigenvalue weighted by Crippen LogP contribution is 2.29. The summed E-state index contributed by atoms with van der Waals surface area (Å²) < 4.78 is 0.873. The number of anilines is 2. The zero-order valence-corrected chi connectivity index (χ0v) is 12.3. The number of hydrogen-bond donors (Lipinski definition) is 2. The van der Waals surface area contributed by atoms with E-state index in [1.807, 2.05) is 25.1 Å². The van der Waals surface area contributed by atoms with Gasteiger partial charge in [0.1, 0.15) is 5.82 Å². The highest BCUT2D eigenvalue weighted by Gasteiger charge is 2.10. The number of aromatic carboxylic acids is 1. The summed E-state index contributed by atoms with van der Waals surface area (Å²) in [6.07, 6.45) is 1.26. The van der Waals surface area contributed by atoms with Gasteiger partial charge in [-0.25, -0.2) is 9.78 Å². The Morgan fingerprint density at radius 3 is 2.79 bits per heavy atom. The lowest BCUT2D eigenvalue weighted by molar-refractivity contribution is 0.0696. The van der Waals surface area contributed by atoms with Crippen molar-refractivity contribution >= 4 is 45.0 Å². The van der Waals surface area contributed by atoms with Crippen LogP contribution >= 0.6 is 27.5 Å². The van der Waals surface area contributed by atoms with Gasteiger partial charge in [-0.2, -0.15) is 0 Å². The number of aryl methyl sites for hydroxylation is 1. The van der Waals surface area contributed by atoms with Crippen LogP contribution in [-0.4, -0.2) is 16.1 Å². The zero-order valence-electron chi connectivity index (χ0n) is 9.95. The maximum atomic E-state index is 10.8. The lowest BCUT2D eigenvalue weighted by atomic mass is 10.2. The maximum absolute atomic E-state index is 10.8. The number of benzene rings is 1. The lowest BCUT2D eigenvalue weighted by Gasteiger charge is -2.10. The molecule has 98 valence electrons. The average Bonchev–Trinajstić information content (AvgIpc) is 2.36. The number of carboxylic acids is 1. The van der Waals surface area contributed by atoms with Crippen molar-refractivity contribution in [3.05, 3.63) is 51.1 Å². The van der Waals surface area contributed by atoms with Crippen molar-refractivity contribution in [1.29, 1.82) is 0 Å². The Balaban J connectivity index is 2.33. The van der Waals surface area contributed by atoms with E-state index in [0.717, 1.165) is 15.7 Å². The van der Waals surface area contributed by atoms with Crippen LogP contribution in [0.3, 0.4) is 0 Å². The first-order valence-corrected chi connectivity index (χ1v) is 6.56. The number of halogens is 2. The number of nitrogens with one attached hydrogen (secondary N) is 1. The minimum Gasteiger partial charge on any atom is -0.478 e. The SMILES string of the molecule is Cc1ccc(Br)c(Nc2ncc(C(=O)O)cc2Cl)c1. The van der Waals surface area contributed by atoms with Crippen molar-refractivity contribution in [3.8, 4) is 0 Å². The number of pyridine rings is 1. The van der Waals surface area contributed by atoms with Crippen molar-refractivity contribution in [2.24, 2.45) is 0 Å². The first-order chi connectivity index (χ1) is 8.97. The van der Waals surface area contributed by atoms with Crippen LogP contribution in [-0.2, 0) is 0 Å². The van der Waals surface area contributed by atoms with Gasteiger partial charge < -0.3 is 10.4 Å². The van der Waals surface area contributed by atoms with E-state index in [1.165, 1.54) is 12.3 Å². The molecule has 2 aromatic rings. The highest BCUT2D eigenvalue weighted by molar-refractivity contribution is 9.10. The molecule has 0 atom stereocenters. The Bertz CT molecular complexity index is 647. The van der Waals surface area contributed by atoms with Crippen LogP contribution in [0.2, 0.25) is 5.02 Å². The molecular formula is C13H10BrClN2O2. The van der Waals surface area contributed by atoms with Gasteiger partial charge in [-0.3, -0.25) is 0 Å².